The number of esters is 1. The van der Waals surface area contributed by atoms with Crippen LogP contribution in [0.15, 0.2) is 24.3 Å². The molecule has 0 saturated heterocycles. The molecule has 1 heterocycles. The molecular formula is C12H10N2O3. The predicted molar refractivity (Wildman–Crippen MR) is 57.7 cm³/mol. The van der Waals surface area contributed by atoms with Crippen molar-refractivity contribution in [1.29, 1.82) is 5.26 Å². The summed E-state index contributed by atoms with van der Waals surface area (Å²) in [6.07, 6.45) is -0.0374. The lowest BCUT2D eigenvalue weighted by molar-refractivity contribution is -0.139. The van der Waals surface area contributed by atoms with E-state index in [0.717, 1.165) is 0 Å². The van der Waals surface area contributed by atoms with E-state index in [9.17, 15) is 9.59 Å². The van der Waals surface area contributed by atoms with Gasteiger partial charge in [-0.2, -0.15) is 5.26 Å². The van der Waals surface area contributed by atoms with Crippen molar-refractivity contribution in [2.45, 2.75) is 12.3 Å². The number of nitriles is 1. The highest BCUT2D eigenvalue weighted by molar-refractivity contribution is 5.84. The largest absolute Gasteiger partial charge is 0.425 e. The summed E-state index contributed by atoms with van der Waals surface area (Å²) in [6.45, 7) is 0. The van der Waals surface area contributed by atoms with Gasteiger partial charge in [-0.1, -0.05) is 18.2 Å². The van der Waals surface area contributed by atoms with Crippen LogP contribution >= 0.6 is 0 Å². The fraction of sp³-hybridized carbons (Fsp3) is 0.250. The van der Waals surface area contributed by atoms with Gasteiger partial charge < -0.3 is 10.5 Å². The Morgan fingerprint density at radius 1 is 1.47 bits per heavy atom. The second kappa shape index (κ2) is 4.26. The Morgan fingerprint density at radius 3 is 2.82 bits per heavy atom. The van der Waals surface area contributed by atoms with Gasteiger partial charge in [-0.3, -0.25) is 9.59 Å². The summed E-state index contributed by atoms with van der Waals surface area (Å²) in [5, 5.41) is 8.97. The van der Waals surface area contributed by atoms with Gasteiger partial charge in [0.2, 0.25) is 5.91 Å². The third-order valence-corrected chi connectivity index (χ3v) is 2.75. The van der Waals surface area contributed by atoms with Crippen molar-refractivity contribution in [3.63, 3.8) is 0 Å². The maximum atomic E-state index is 11.6. The number of fused-ring (bicyclic) bond motifs is 1. The topological polar surface area (TPSA) is 93.2 Å². The van der Waals surface area contributed by atoms with Crippen molar-refractivity contribution in [3.8, 4) is 11.8 Å². The number of carbonyl (C=O) groups is 2. The van der Waals surface area contributed by atoms with Crippen LogP contribution < -0.4 is 10.5 Å². The number of carbonyl (C=O) groups excluding carboxylic acids is 2. The van der Waals surface area contributed by atoms with E-state index < -0.39 is 23.7 Å². The molecule has 0 aliphatic carbocycles. The van der Waals surface area contributed by atoms with Gasteiger partial charge in [0.25, 0.3) is 0 Å². The highest BCUT2D eigenvalue weighted by Crippen LogP contribution is 2.39. The number of rotatable bonds is 2. The van der Waals surface area contributed by atoms with E-state index in [1.165, 1.54) is 0 Å². The van der Waals surface area contributed by atoms with Crippen LogP contribution in [0.25, 0.3) is 0 Å². The van der Waals surface area contributed by atoms with Crippen LogP contribution in [0.3, 0.4) is 0 Å². The molecule has 2 rings (SSSR count). The number of para-hydroxylation sites is 1. The number of nitrogens with zero attached hydrogens (tertiary/aromatic N) is 1. The Kier molecular flexibility index (Phi) is 2.79. The van der Waals surface area contributed by atoms with E-state index in [-0.39, 0.29) is 6.42 Å². The van der Waals surface area contributed by atoms with Crippen molar-refractivity contribution < 1.29 is 14.3 Å². The number of hydrogen-bond donors (Lipinski definition) is 1. The summed E-state index contributed by atoms with van der Waals surface area (Å²) >= 11 is 0. The van der Waals surface area contributed by atoms with E-state index in [4.69, 9.17) is 15.7 Å². The van der Waals surface area contributed by atoms with E-state index in [0.29, 0.717) is 11.3 Å². The van der Waals surface area contributed by atoms with Gasteiger partial charge >= 0.3 is 5.97 Å². The van der Waals surface area contributed by atoms with Crippen LogP contribution in [-0.4, -0.2) is 11.9 Å². The van der Waals surface area contributed by atoms with Crippen molar-refractivity contribution in [2.75, 3.05) is 0 Å². The van der Waals surface area contributed by atoms with Crippen LogP contribution in [0, 0.1) is 17.2 Å². The molecule has 17 heavy (non-hydrogen) atoms. The summed E-state index contributed by atoms with van der Waals surface area (Å²) in [5.74, 6) is -2.26. The number of amides is 1. The minimum atomic E-state index is -0.975. The second-order valence-electron chi connectivity index (χ2n) is 3.84. The molecule has 2 N–H and O–H groups in total. The standard InChI is InChI=1S/C12H10N2O3/c13-6-9-8(5-11(14)15)7-3-1-2-4-10(7)17-12(9)16/h1-4,8-9H,5H2,(H2,14,15). The molecule has 0 spiro atoms. The maximum absolute atomic E-state index is 11.6. The molecule has 0 aromatic heterocycles. The van der Waals surface area contributed by atoms with Crippen molar-refractivity contribution in [1.82, 2.24) is 0 Å². The normalized spacial score (nSPS) is 22.2. The molecule has 2 atom stereocenters. The molecule has 1 aliphatic heterocycles. The van der Waals surface area contributed by atoms with E-state index in [1.54, 1.807) is 24.3 Å². The highest BCUT2D eigenvalue weighted by Gasteiger charge is 2.38. The number of primary amides is 1. The molecule has 0 fully saturated rings. The lowest BCUT2D eigenvalue weighted by Crippen LogP contribution is -2.33. The van der Waals surface area contributed by atoms with Gasteiger partial charge in [0.1, 0.15) is 5.75 Å². The first-order chi connectivity index (χ1) is 8.13. The Hall–Kier alpha value is -2.35. The number of hydrogen-bond acceptors (Lipinski definition) is 4. The Bertz CT molecular complexity index is 519. The quantitative estimate of drug-likeness (QED) is 0.597. The Balaban J connectivity index is 2.47. The van der Waals surface area contributed by atoms with Crippen LogP contribution in [0.5, 0.6) is 5.75 Å². The summed E-state index contributed by atoms with van der Waals surface area (Å²) in [6, 6.07) is 8.72. The first-order valence-corrected chi connectivity index (χ1v) is 5.12. The lowest BCUT2D eigenvalue weighted by atomic mass is 9.82. The molecule has 1 aromatic carbocycles. The fourth-order valence-corrected chi connectivity index (χ4v) is 1.98. The second-order valence-corrected chi connectivity index (χ2v) is 3.84. The minimum Gasteiger partial charge on any atom is -0.425 e. The molecule has 1 amide bonds. The lowest BCUT2D eigenvalue weighted by Gasteiger charge is -2.27. The van der Waals surface area contributed by atoms with Crippen molar-refractivity contribution in [2.24, 2.45) is 11.7 Å². The van der Waals surface area contributed by atoms with Gasteiger partial charge in [0.15, 0.2) is 5.92 Å². The number of ether oxygens (including phenoxy) is 1. The van der Waals surface area contributed by atoms with Gasteiger partial charge in [-0.05, 0) is 6.07 Å². The monoisotopic (exact) mass is 230 g/mol. The number of nitrogens with two attached hydrogens (primary N) is 1. The minimum absolute atomic E-state index is 0.0374. The van der Waals surface area contributed by atoms with Crippen LogP contribution in [-0.2, 0) is 9.59 Å². The fourth-order valence-electron chi connectivity index (χ4n) is 1.98. The molecule has 5 heteroatoms. The van der Waals surface area contributed by atoms with Gasteiger partial charge in [-0.15, -0.1) is 0 Å². The van der Waals surface area contributed by atoms with Crippen molar-refractivity contribution in [3.05, 3.63) is 29.8 Å². The molecule has 0 radical (unpaired) electrons. The van der Waals surface area contributed by atoms with Crippen LogP contribution in [0.4, 0.5) is 0 Å². The molecule has 86 valence electrons. The zero-order valence-electron chi connectivity index (χ0n) is 8.92. The van der Waals surface area contributed by atoms with Crippen molar-refractivity contribution >= 4 is 11.9 Å². The molecule has 1 aromatic rings. The Morgan fingerprint density at radius 2 is 2.18 bits per heavy atom. The SMILES string of the molecule is N#CC1C(=O)Oc2ccccc2C1CC(N)=O. The van der Waals surface area contributed by atoms with Crippen LogP contribution in [0.1, 0.15) is 17.9 Å². The average molecular weight is 230 g/mol. The first-order valence-electron chi connectivity index (χ1n) is 5.12. The summed E-state index contributed by atoms with van der Waals surface area (Å²) < 4.78 is 5.03. The molecule has 0 bridgehead atoms. The third-order valence-electron chi connectivity index (χ3n) is 2.75. The zero-order valence-corrected chi connectivity index (χ0v) is 8.92. The first kappa shape index (κ1) is 11.1. The molecule has 2 unspecified atom stereocenters. The van der Waals surface area contributed by atoms with E-state index in [2.05, 4.69) is 0 Å². The highest BCUT2D eigenvalue weighted by atomic mass is 16.5. The Labute approximate surface area is 97.8 Å². The molecule has 0 saturated carbocycles. The van der Waals surface area contributed by atoms with Gasteiger partial charge in [0.05, 0.1) is 6.07 Å². The molecular weight excluding hydrogens is 220 g/mol. The third kappa shape index (κ3) is 1.97. The molecule has 1 aliphatic rings. The zero-order chi connectivity index (χ0) is 12.4. The summed E-state index contributed by atoms with van der Waals surface area (Å²) in [7, 11) is 0. The number of benzene rings is 1. The predicted octanol–water partition coefficient (Wildman–Crippen LogP) is 0.704. The van der Waals surface area contributed by atoms with Gasteiger partial charge in [0, 0.05) is 17.9 Å². The van der Waals surface area contributed by atoms with Crippen LogP contribution in [0.2, 0.25) is 0 Å². The van der Waals surface area contributed by atoms with E-state index >= 15 is 0 Å². The summed E-state index contributed by atoms with van der Waals surface area (Å²) in [4.78, 5) is 22.6. The summed E-state index contributed by atoms with van der Waals surface area (Å²) in [5.41, 5.74) is 5.82. The van der Waals surface area contributed by atoms with E-state index in [1.807, 2.05) is 6.07 Å². The maximum Gasteiger partial charge on any atom is 0.329 e. The molecule has 5 nitrogen and oxygen atoms in total. The van der Waals surface area contributed by atoms with Gasteiger partial charge in [-0.25, -0.2) is 0 Å². The average Bonchev–Trinajstić information content (AvgIpc) is 2.28. The smallest absolute Gasteiger partial charge is 0.329 e.